The summed E-state index contributed by atoms with van der Waals surface area (Å²) in [5.41, 5.74) is 0.817. The normalized spacial score (nSPS) is 24.8. The van der Waals surface area contributed by atoms with Gasteiger partial charge in [-0.3, -0.25) is 4.79 Å². The Balaban J connectivity index is 1.84. The van der Waals surface area contributed by atoms with Crippen LogP contribution in [0.5, 0.6) is 0 Å². The van der Waals surface area contributed by atoms with E-state index in [9.17, 15) is 18.0 Å². The molecule has 8 heteroatoms. The number of amides is 1. The smallest absolute Gasteiger partial charge is 0.466 e. The van der Waals surface area contributed by atoms with Gasteiger partial charge in [-0.1, -0.05) is 28.1 Å². The standard InChI is InChI=1S/C19H21BrF3NO3/c20-16-6-4-14(5-7-16)18(26-12-2-1-3-13-27-18)15-8-10-24(11-9-15)17(25)19(21,22)23/h2,4-7,12,15H,1,3,8-11,13H2. The molecule has 2 heterocycles. The monoisotopic (exact) mass is 447 g/mol. The maximum atomic E-state index is 12.7. The van der Waals surface area contributed by atoms with Gasteiger partial charge in [0, 0.05) is 29.0 Å². The average Bonchev–Trinajstić information content (AvgIpc) is 2.62. The van der Waals surface area contributed by atoms with Crippen LogP contribution in [0.4, 0.5) is 13.2 Å². The van der Waals surface area contributed by atoms with Crippen LogP contribution in [-0.4, -0.2) is 36.7 Å². The molecule has 27 heavy (non-hydrogen) atoms. The topological polar surface area (TPSA) is 38.8 Å². The summed E-state index contributed by atoms with van der Waals surface area (Å²) in [5.74, 6) is -3.01. The van der Waals surface area contributed by atoms with Crippen molar-refractivity contribution in [2.75, 3.05) is 19.7 Å². The number of hydrogen-bond acceptors (Lipinski definition) is 3. The lowest BCUT2D eigenvalue weighted by atomic mass is 9.83. The van der Waals surface area contributed by atoms with Crippen molar-refractivity contribution >= 4 is 21.8 Å². The van der Waals surface area contributed by atoms with Crippen LogP contribution in [0.1, 0.15) is 31.2 Å². The molecule has 1 amide bonds. The van der Waals surface area contributed by atoms with E-state index in [4.69, 9.17) is 9.47 Å². The van der Waals surface area contributed by atoms with Crippen molar-refractivity contribution < 1.29 is 27.4 Å². The van der Waals surface area contributed by atoms with Crippen molar-refractivity contribution in [3.8, 4) is 0 Å². The summed E-state index contributed by atoms with van der Waals surface area (Å²) >= 11 is 3.41. The van der Waals surface area contributed by atoms with Gasteiger partial charge in [0.1, 0.15) is 0 Å². The maximum absolute atomic E-state index is 12.7. The minimum atomic E-state index is -4.84. The Morgan fingerprint density at radius 3 is 2.48 bits per heavy atom. The van der Waals surface area contributed by atoms with Gasteiger partial charge in [0.2, 0.25) is 5.79 Å². The number of halogens is 4. The third-order valence-corrected chi connectivity index (χ3v) is 5.51. The van der Waals surface area contributed by atoms with Gasteiger partial charge in [-0.2, -0.15) is 13.2 Å². The highest BCUT2D eigenvalue weighted by Crippen LogP contribution is 2.42. The Kier molecular flexibility index (Phi) is 6.15. The fraction of sp³-hybridized carbons (Fsp3) is 0.526. The zero-order valence-corrected chi connectivity index (χ0v) is 16.3. The predicted molar refractivity (Wildman–Crippen MR) is 96.6 cm³/mol. The number of likely N-dealkylation sites (tertiary alicyclic amines) is 1. The van der Waals surface area contributed by atoms with Gasteiger partial charge in [-0.25, -0.2) is 0 Å². The van der Waals surface area contributed by atoms with E-state index >= 15 is 0 Å². The molecular formula is C19H21BrF3NO3. The lowest BCUT2D eigenvalue weighted by Crippen LogP contribution is -2.50. The molecular weight excluding hydrogens is 427 g/mol. The second-order valence-electron chi connectivity index (χ2n) is 6.72. The summed E-state index contributed by atoms with van der Waals surface area (Å²) in [4.78, 5) is 12.4. The van der Waals surface area contributed by atoms with E-state index in [1.807, 2.05) is 30.3 Å². The molecule has 0 saturated carbocycles. The fourth-order valence-corrected chi connectivity index (χ4v) is 3.87. The zero-order chi connectivity index (χ0) is 19.5. The first-order valence-electron chi connectivity index (χ1n) is 8.92. The van der Waals surface area contributed by atoms with Crippen molar-refractivity contribution in [1.29, 1.82) is 0 Å². The molecule has 148 valence electrons. The third kappa shape index (κ3) is 4.48. The SMILES string of the molecule is O=C(N1CCC(C2(c3ccc(Br)cc3)OC=CCCCO2)CC1)C(F)(F)F. The lowest BCUT2D eigenvalue weighted by molar-refractivity contribution is -0.260. The van der Waals surface area contributed by atoms with Gasteiger partial charge in [0.15, 0.2) is 0 Å². The van der Waals surface area contributed by atoms with Crippen molar-refractivity contribution in [3.05, 3.63) is 46.6 Å². The highest BCUT2D eigenvalue weighted by Gasteiger charge is 2.48. The molecule has 1 unspecified atom stereocenters. The first kappa shape index (κ1) is 20.2. The van der Waals surface area contributed by atoms with Crippen LogP contribution in [0.3, 0.4) is 0 Å². The summed E-state index contributed by atoms with van der Waals surface area (Å²) in [6.07, 6.45) is 1.12. The molecule has 2 aliphatic rings. The molecule has 1 saturated heterocycles. The lowest BCUT2D eigenvalue weighted by Gasteiger charge is -2.44. The number of hydrogen-bond donors (Lipinski definition) is 0. The van der Waals surface area contributed by atoms with Crippen LogP contribution in [0, 0.1) is 5.92 Å². The van der Waals surface area contributed by atoms with E-state index in [1.54, 1.807) is 6.26 Å². The van der Waals surface area contributed by atoms with Gasteiger partial charge in [-0.15, -0.1) is 0 Å². The van der Waals surface area contributed by atoms with Crippen molar-refractivity contribution in [2.24, 2.45) is 5.92 Å². The molecule has 0 aliphatic carbocycles. The summed E-state index contributed by atoms with van der Waals surface area (Å²) in [5, 5.41) is 0. The molecule has 1 aromatic carbocycles. The highest BCUT2D eigenvalue weighted by atomic mass is 79.9. The second kappa shape index (κ2) is 8.22. The molecule has 0 spiro atoms. The number of carbonyl (C=O) groups excluding carboxylic acids is 1. The van der Waals surface area contributed by atoms with Crippen LogP contribution >= 0.6 is 15.9 Å². The summed E-state index contributed by atoms with van der Waals surface area (Å²) < 4.78 is 51.3. The predicted octanol–water partition coefficient (Wildman–Crippen LogP) is 4.74. The summed E-state index contributed by atoms with van der Waals surface area (Å²) in [7, 11) is 0. The number of allylic oxidation sites excluding steroid dienone is 1. The van der Waals surface area contributed by atoms with E-state index in [0.29, 0.717) is 19.4 Å². The van der Waals surface area contributed by atoms with Crippen molar-refractivity contribution in [1.82, 2.24) is 4.90 Å². The van der Waals surface area contributed by atoms with Crippen LogP contribution in [0.25, 0.3) is 0 Å². The summed E-state index contributed by atoms with van der Waals surface area (Å²) in [6, 6.07) is 7.56. The largest absolute Gasteiger partial charge is 0.471 e. The van der Waals surface area contributed by atoms with Crippen LogP contribution in [0.2, 0.25) is 0 Å². The molecule has 0 aromatic heterocycles. The van der Waals surface area contributed by atoms with E-state index in [-0.39, 0.29) is 19.0 Å². The molecule has 3 rings (SSSR count). The molecule has 2 aliphatic heterocycles. The third-order valence-electron chi connectivity index (χ3n) is 4.98. The fourth-order valence-electron chi connectivity index (χ4n) is 3.60. The Hall–Kier alpha value is -1.54. The first-order valence-corrected chi connectivity index (χ1v) is 9.71. The number of rotatable bonds is 2. The number of piperidine rings is 1. The molecule has 0 radical (unpaired) electrons. The minimum Gasteiger partial charge on any atom is -0.466 e. The van der Waals surface area contributed by atoms with Gasteiger partial charge < -0.3 is 14.4 Å². The van der Waals surface area contributed by atoms with Crippen LogP contribution in [-0.2, 0) is 20.1 Å². The number of alkyl halides is 3. The number of nitrogens with zero attached hydrogens (tertiary/aromatic N) is 1. The van der Waals surface area contributed by atoms with Crippen LogP contribution in [0.15, 0.2) is 41.1 Å². The van der Waals surface area contributed by atoms with Crippen molar-refractivity contribution in [3.63, 3.8) is 0 Å². The first-order chi connectivity index (χ1) is 12.8. The zero-order valence-electron chi connectivity index (χ0n) is 14.7. The average molecular weight is 448 g/mol. The maximum Gasteiger partial charge on any atom is 0.471 e. The molecule has 1 atom stereocenters. The molecule has 0 bridgehead atoms. The Labute approximate surface area is 164 Å². The van der Waals surface area contributed by atoms with Gasteiger partial charge in [0.05, 0.1) is 12.9 Å². The van der Waals surface area contributed by atoms with E-state index in [1.165, 1.54) is 0 Å². The Morgan fingerprint density at radius 2 is 1.85 bits per heavy atom. The Bertz CT molecular complexity index is 684. The van der Waals surface area contributed by atoms with E-state index in [2.05, 4.69) is 15.9 Å². The number of benzene rings is 1. The highest BCUT2D eigenvalue weighted by molar-refractivity contribution is 9.10. The van der Waals surface area contributed by atoms with Crippen molar-refractivity contribution in [2.45, 2.75) is 37.6 Å². The molecule has 0 N–H and O–H groups in total. The number of carbonyl (C=O) groups is 1. The van der Waals surface area contributed by atoms with E-state index < -0.39 is 17.9 Å². The van der Waals surface area contributed by atoms with E-state index in [0.717, 1.165) is 27.8 Å². The molecule has 4 nitrogen and oxygen atoms in total. The second-order valence-corrected chi connectivity index (χ2v) is 7.63. The van der Waals surface area contributed by atoms with Crippen LogP contribution < -0.4 is 0 Å². The quantitative estimate of drug-likeness (QED) is 0.656. The molecule has 1 aromatic rings. The van der Waals surface area contributed by atoms with Gasteiger partial charge in [0.25, 0.3) is 0 Å². The Morgan fingerprint density at radius 1 is 1.19 bits per heavy atom. The van der Waals surface area contributed by atoms with Gasteiger partial charge in [-0.05, 0) is 43.9 Å². The molecule has 1 fully saturated rings. The minimum absolute atomic E-state index is 0.0255. The van der Waals surface area contributed by atoms with Gasteiger partial charge >= 0.3 is 12.1 Å². The number of ether oxygens (including phenoxy) is 2. The summed E-state index contributed by atoms with van der Waals surface area (Å²) in [6.45, 7) is 0.539.